The number of ether oxygens (including phenoxy) is 2. The first-order chi connectivity index (χ1) is 11.1. The third-order valence-corrected chi connectivity index (χ3v) is 5.06. The van der Waals surface area contributed by atoms with E-state index in [1.807, 2.05) is 12.1 Å². The Hall–Kier alpha value is -1.40. The van der Waals surface area contributed by atoms with Crippen molar-refractivity contribution in [2.45, 2.75) is 32.4 Å². The fourth-order valence-electron chi connectivity index (χ4n) is 3.84. The highest BCUT2D eigenvalue weighted by Gasteiger charge is 2.38. The minimum atomic E-state index is -2.85. The van der Waals surface area contributed by atoms with Gasteiger partial charge in [-0.05, 0) is 50.4 Å². The van der Waals surface area contributed by atoms with E-state index < -0.39 is 6.61 Å². The number of rotatable bonds is 5. The van der Waals surface area contributed by atoms with Gasteiger partial charge in [-0.3, -0.25) is 4.90 Å². The number of alkyl halides is 2. The van der Waals surface area contributed by atoms with Gasteiger partial charge in [0.05, 0.1) is 7.11 Å². The smallest absolute Gasteiger partial charge is 0.387 e. The van der Waals surface area contributed by atoms with Crippen molar-refractivity contribution >= 4 is 0 Å². The molecule has 0 aliphatic carbocycles. The Morgan fingerprint density at radius 1 is 1.26 bits per heavy atom. The van der Waals surface area contributed by atoms with Gasteiger partial charge >= 0.3 is 6.61 Å². The van der Waals surface area contributed by atoms with E-state index >= 15 is 0 Å². The summed E-state index contributed by atoms with van der Waals surface area (Å²) in [5.41, 5.74) is 1.16. The summed E-state index contributed by atoms with van der Waals surface area (Å²) in [6.45, 7) is 1.96. The number of para-hydroxylation sites is 1. The summed E-state index contributed by atoms with van der Waals surface area (Å²) in [6, 6.07) is 5.32. The highest BCUT2D eigenvalue weighted by molar-refractivity contribution is 5.46. The lowest BCUT2D eigenvalue weighted by atomic mass is 9.78. The van der Waals surface area contributed by atoms with E-state index in [0.717, 1.165) is 31.7 Å². The SMILES string of the molecule is COc1cccc(CN2CCC3(CCNCC3)C2)c1OC(F)F. The first-order valence-electron chi connectivity index (χ1n) is 8.16. The standard InChI is InChI=1S/C17H24F2N2O2/c1-22-14-4-2-3-13(15(14)23-16(18)19)11-21-10-7-17(12-21)5-8-20-9-6-17/h2-4,16,20H,5-12H2,1H3. The van der Waals surface area contributed by atoms with Gasteiger partial charge in [-0.2, -0.15) is 8.78 Å². The summed E-state index contributed by atoms with van der Waals surface area (Å²) in [7, 11) is 1.47. The van der Waals surface area contributed by atoms with Crippen molar-refractivity contribution in [3.8, 4) is 11.5 Å². The van der Waals surface area contributed by atoms with Gasteiger partial charge in [-0.15, -0.1) is 0 Å². The van der Waals surface area contributed by atoms with Crippen LogP contribution in [0.4, 0.5) is 8.78 Å². The quantitative estimate of drug-likeness (QED) is 0.902. The number of hydrogen-bond donors (Lipinski definition) is 1. The maximum atomic E-state index is 12.7. The summed E-state index contributed by atoms with van der Waals surface area (Å²) in [4.78, 5) is 2.35. The van der Waals surface area contributed by atoms with Gasteiger partial charge < -0.3 is 14.8 Å². The van der Waals surface area contributed by atoms with E-state index in [4.69, 9.17) is 9.47 Å². The molecule has 1 spiro atoms. The van der Waals surface area contributed by atoms with Gasteiger partial charge in [0.25, 0.3) is 0 Å². The molecule has 23 heavy (non-hydrogen) atoms. The van der Waals surface area contributed by atoms with Gasteiger partial charge in [0.2, 0.25) is 0 Å². The summed E-state index contributed by atoms with van der Waals surface area (Å²) in [5.74, 6) is 0.523. The molecule has 0 unspecified atom stereocenters. The molecule has 3 rings (SSSR count). The molecule has 1 aromatic rings. The number of piperidine rings is 1. The predicted molar refractivity (Wildman–Crippen MR) is 84.1 cm³/mol. The predicted octanol–water partition coefficient (Wildman–Crippen LogP) is 2.87. The summed E-state index contributed by atoms with van der Waals surface area (Å²) in [6.07, 6.45) is 3.58. The first-order valence-corrected chi connectivity index (χ1v) is 8.16. The molecule has 128 valence electrons. The fraction of sp³-hybridized carbons (Fsp3) is 0.647. The molecule has 2 aliphatic heterocycles. The molecule has 4 nitrogen and oxygen atoms in total. The fourth-order valence-corrected chi connectivity index (χ4v) is 3.84. The van der Waals surface area contributed by atoms with Crippen LogP contribution >= 0.6 is 0 Å². The van der Waals surface area contributed by atoms with Crippen LogP contribution in [0.5, 0.6) is 11.5 Å². The van der Waals surface area contributed by atoms with Gasteiger partial charge in [-0.25, -0.2) is 0 Å². The second kappa shape index (κ2) is 7.01. The van der Waals surface area contributed by atoms with Gasteiger partial charge in [0, 0.05) is 18.7 Å². The van der Waals surface area contributed by atoms with Crippen LogP contribution < -0.4 is 14.8 Å². The van der Waals surface area contributed by atoms with Crippen LogP contribution in [0.2, 0.25) is 0 Å². The molecule has 1 N–H and O–H groups in total. The van der Waals surface area contributed by atoms with Crippen molar-refractivity contribution < 1.29 is 18.3 Å². The molecule has 0 atom stereocenters. The lowest BCUT2D eigenvalue weighted by molar-refractivity contribution is -0.0521. The number of likely N-dealkylation sites (tertiary alicyclic amines) is 1. The summed E-state index contributed by atoms with van der Waals surface area (Å²) >= 11 is 0. The molecule has 2 heterocycles. The second-order valence-electron chi connectivity index (χ2n) is 6.54. The van der Waals surface area contributed by atoms with Crippen molar-refractivity contribution in [2.24, 2.45) is 5.41 Å². The molecule has 0 aromatic heterocycles. The lowest BCUT2D eigenvalue weighted by Gasteiger charge is -2.34. The van der Waals surface area contributed by atoms with Crippen LogP contribution in [-0.2, 0) is 6.54 Å². The van der Waals surface area contributed by atoms with Gasteiger partial charge in [-0.1, -0.05) is 12.1 Å². The first kappa shape index (κ1) is 16.5. The second-order valence-corrected chi connectivity index (χ2v) is 6.54. The van der Waals surface area contributed by atoms with E-state index in [2.05, 4.69) is 10.2 Å². The maximum absolute atomic E-state index is 12.7. The Kier molecular flexibility index (Phi) is 5.02. The van der Waals surface area contributed by atoms with Crippen LogP contribution in [0.25, 0.3) is 0 Å². The van der Waals surface area contributed by atoms with E-state index in [0.29, 0.717) is 17.7 Å². The zero-order valence-electron chi connectivity index (χ0n) is 13.5. The van der Waals surface area contributed by atoms with Crippen LogP contribution in [0.3, 0.4) is 0 Å². The minimum absolute atomic E-state index is 0.163. The summed E-state index contributed by atoms with van der Waals surface area (Å²) in [5, 5.41) is 3.41. The minimum Gasteiger partial charge on any atom is -0.493 e. The monoisotopic (exact) mass is 326 g/mol. The Balaban J connectivity index is 1.72. The van der Waals surface area contributed by atoms with Crippen molar-refractivity contribution in [3.63, 3.8) is 0 Å². The largest absolute Gasteiger partial charge is 0.493 e. The highest BCUT2D eigenvalue weighted by Crippen LogP contribution is 2.40. The maximum Gasteiger partial charge on any atom is 0.387 e. The van der Waals surface area contributed by atoms with Gasteiger partial charge in [0.15, 0.2) is 11.5 Å². The molecule has 1 aromatic carbocycles. The molecule has 0 radical (unpaired) electrons. The van der Waals surface area contributed by atoms with Crippen molar-refractivity contribution in [1.82, 2.24) is 10.2 Å². The average Bonchev–Trinajstić information content (AvgIpc) is 2.91. The van der Waals surface area contributed by atoms with E-state index in [1.54, 1.807) is 6.07 Å². The number of nitrogens with zero attached hydrogens (tertiary/aromatic N) is 1. The topological polar surface area (TPSA) is 33.7 Å². The number of benzene rings is 1. The Labute approximate surface area is 135 Å². The molecule has 2 saturated heterocycles. The number of hydrogen-bond acceptors (Lipinski definition) is 4. The van der Waals surface area contributed by atoms with Crippen LogP contribution in [0, 0.1) is 5.41 Å². The van der Waals surface area contributed by atoms with Crippen molar-refractivity contribution in [1.29, 1.82) is 0 Å². The van der Waals surface area contributed by atoms with E-state index in [1.165, 1.54) is 26.4 Å². The highest BCUT2D eigenvalue weighted by atomic mass is 19.3. The van der Waals surface area contributed by atoms with Crippen molar-refractivity contribution in [3.05, 3.63) is 23.8 Å². The number of methoxy groups -OCH3 is 1. The molecule has 0 saturated carbocycles. The Morgan fingerprint density at radius 2 is 2.04 bits per heavy atom. The third-order valence-electron chi connectivity index (χ3n) is 5.06. The van der Waals surface area contributed by atoms with Gasteiger partial charge in [0.1, 0.15) is 0 Å². The van der Waals surface area contributed by atoms with Crippen LogP contribution in [0.15, 0.2) is 18.2 Å². The Bertz CT molecular complexity index is 533. The molecule has 2 aliphatic rings. The average molecular weight is 326 g/mol. The van der Waals surface area contributed by atoms with Crippen molar-refractivity contribution in [2.75, 3.05) is 33.3 Å². The molecule has 0 amide bonds. The van der Waals surface area contributed by atoms with Crippen LogP contribution in [-0.4, -0.2) is 44.8 Å². The molecule has 0 bridgehead atoms. The number of halogens is 2. The zero-order valence-corrected chi connectivity index (χ0v) is 13.5. The van der Waals surface area contributed by atoms with E-state index in [-0.39, 0.29) is 5.75 Å². The summed E-state index contributed by atoms with van der Waals surface area (Å²) < 4.78 is 35.3. The lowest BCUT2D eigenvalue weighted by Crippen LogP contribution is -2.38. The number of nitrogens with one attached hydrogen (secondary N) is 1. The molecular formula is C17H24F2N2O2. The normalized spacial score (nSPS) is 21.0. The molecular weight excluding hydrogens is 302 g/mol. The van der Waals surface area contributed by atoms with Crippen LogP contribution in [0.1, 0.15) is 24.8 Å². The zero-order chi connectivity index (χ0) is 16.3. The Morgan fingerprint density at radius 3 is 2.74 bits per heavy atom. The van der Waals surface area contributed by atoms with E-state index in [9.17, 15) is 8.78 Å². The third kappa shape index (κ3) is 3.75. The molecule has 2 fully saturated rings. The molecule has 6 heteroatoms.